The first kappa shape index (κ1) is 18.3. The maximum absolute atomic E-state index is 12.9. The van der Waals surface area contributed by atoms with Crippen LogP contribution in [0.4, 0.5) is 5.69 Å². The summed E-state index contributed by atoms with van der Waals surface area (Å²) in [6, 6.07) is 7.30. The van der Waals surface area contributed by atoms with E-state index >= 15 is 0 Å². The summed E-state index contributed by atoms with van der Waals surface area (Å²) in [5, 5.41) is 2.86. The number of aromatic amines is 1. The maximum Gasteiger partial charge on any atom is 0.256 e. The van der Waals surface area contributed by atoms with E-state index in [0.717, 1.165) is 16.9 Å². The number of nitrogens with zero attached hydrogens (tertiary/aromatic N) is 1. The van der Waals surface area contributed by atoms with E-state index in [-0.39, 0.29) is 17.9 Å². The number of amides is 2. The minimum absolute atomic E-state index is 0.119. The molecule has 2 bridgehead atoms. The molecule has 146 valence electrons. The van der Waals surface area contributed by atoms with Gasteiger partial charge in [-0.05, 0) is 44.2 Å². The van der Waals surface area contributed by atoms with Crippen molar-refractivity contribution in [2.75, 3.05) is 32.1 Å². The van der Waals surface area contributed by atoms with Gasteiger partial charge in [-0.3, -0.25) is 9.59 Å². The smallest absolute Gasteiger partial charge is 0.256 e. The number of aryl methyl sites for hydroxylation is 1. The lowest BCUT2D eigenvalue weighted by atomic mass is 10.0. The van der Waals surface area contributed by atoms with Gasteiger partial charge in [0.2, 0.25) is 0 Å². The molecule has 0 aliphatic carbocycles. The Hall–Kier alpha value is -3.06. The normalized spacial score (nSPS) is 21.8. The Morgan fingerprint density at radius 3 is 2.82 bits per heavy atom. The number of nitrogens with one attached hydrogen (secondary N) is 2. The van der Waals surface area contributed by atoms with Crippen molar-refractivity contribution < 1.29 is 19.1 Å². The molecule has 3 heterocycles. The van der Waals surface area contributed by atoms with Crippen LogP contribution >= 0.6 is 0 Å². The molecule has 4 rings (SSSR count). The van der Waals surface area contributed by atoms with Crippen LogP contribution in [-0.4, -0.2) is 54.6 Å². The average molecular weight is 381 g/mol. The van der Waals surface area contributed by atoms with E-state index in [0.29, 0.717) is 42.3 Å². The van der Waals surface area contributed by atoms with Gasteiger partial charge in [0.1, 0.15) is 12.4 Å². The zero-order chi connectivity index (χ0) is 19.8. The summed E-state index contributed by atoms with van der Waals surface area (Å²) in [6.45, 7) is 5.07. The molecule has 2 aliphatic heterocycles. The molecule has 2 N–H and O–H groups in total. The highest BCUT2D eigenvalue weighted by Crippen LogP contribution is 2.36. The third-order valence-electron chi connectivity index (χ3n) is 4.94. The van der Waals surface area contributed by atoms with Gasteiger partial charge in [-0.2, -0.15) is 0 Å². The van der Waals surface area contributed by atoms with Gasteiger partial charge < -0.3 is 24.7 Å². The minimum atomic E-state index is -0.202. The minimum Gasteiger partial charge on any atom is -0.491 e. The lowest BCUT2D eigenvalue weighted by molar-refractivity contribution is -0.110. The van der Waals surface area contributed by atoms with Gasteiger partial charge in [-0.15, -0.1) is 0 Å². The number of anilines is 1. The Balaban J connectivity index is 1.83. The summed E-state index contributed by atoms with van der Waals surface area (Å²) in [6.07, 6.45) is 1.61. The van der Waals surface area contributed by atoms with Crippen molar-refractivity contribution in [3.05, 3.63) is 46.8 Å². The SMILES string of the molecule is Cc1cc2c([nH]1)/C=C1\C(=O)Nc3ccc(cc31)OC[C@@H](C)OCCN(C)C2=O. The molecular weight excluding hydrogens is 358 g/mol. The van der Waals surface area contributed by atoms with Gasteiger partial charge in [0, 0.05) is 30.5 Å². The molecular formula is C21H23N3O4. The van der Waals surface area contributed by atoms with Gasteiger partial charge in [0.15, 0.2) is 0 Å². The topological polar surface area (TPSA) is 83.7 Å². The van der Waals surface area contributed by atoms with Gasteiger partial charge in [0.25, 0.3) is 11.8 Å². The van der Waals surface area contributed by atoms with E-state index in [4.69, 9.17) is 9.47 Å². The van der Waals surface area contributed by atoms with Crippen molar-refractivity contribution in [1.82, 2.24) is 9.88 Å². The Labute approximate surface area is 163 Å². The maximum atomic E-state index is 12.9. The largest absolute Gasteiger partial charge is 0.491 e. The first-order valence-electron chi connectivity index (χ1n) is 9.29. The number of fused-ring (bicyclic) bond motifs is 2. The molecule has 28 heavy (non-hydrogen) atoms. The Bertz CT molecular complexity index is 976. The fourth-order valence-corrected chi connectivity index (χ4v) is 3.41. The zero-order valence-electron chi connectivity index (χ0n) is 16.2. The van der Waals surface area contributed by atoms with Crippen LogP contribution in [-0.2, 0) is 9.53 Å². The molecule has 2 aromatic rings. The van der Waals surface area contributed by atoms with Crippen LogP contribution in [0.1, 0.15) is 34.2 Å². The highest BCUT2D eigenvalue weighted by atomic mass is 16.5. The number of rotatable bonds is 0. The van der Waals surface area contributed by atoms with E-state index in [1.807, 2.05) is 32.0 Å². The molecule has 0 spiro atoms. The Morgan fingerprint density at radius 2 is 2.00 bits per heavy atom. The third-order valence-corrected chi connectivity index (χ3v) is 4.94. The van der Waals surface area contributed by atoms with Crippen molar-refractivity contribution in [3.63, 3.8) is 0 Å². The molecule has 0 radical (unpaired) electrons. The average Bonchev–Trinajstić information content (AvgIpc) is 3.18. The second-order valence-corrected chi connectivity index (χ2v) is 7.22. The van der Waals surface area contributed by atoms with Gasteiger partial charge in [-0.1, -0.05) is 0 Å². The number of likely N-dealkylation sites (N-methyl/N-ethyl adjacent to an activating group) is 1. The second kappa shape index (κ2) is 7.16. The van der Waals surface area contributed by atoms with Crippen molar-refractivity contribution >= 4 is 29.2 Å². The number of benzene rings is 1. The fourth-order valence-electron chi connectivity index (χ4n) is 3.41. The van der Waals surface area contributed by atoms with Crippen molar-refractivity contribution in [2.24, 2.45) is 0 Å². The molecule has 7 heteroatoms. The van der Waals surface area contributed by atoms with Crippen molar-refractivity contribution in [2.45, 2.75) is 20.0 Å². The molecule has 0 unspecified atom stereocenters. The van der Waals surface area contributed by atoms with Crippen LogP contribution in [0.25, 0.3) is 11.6 Å². The van der Waals surface area contributed by atoms with Gasteiger partial charge >= 0.3 is 0 Å². The Morgan fingerprint density at radius 1 is 1.18 bits per heavy atom. The van der Waals surface area contributed by atoms with E-state index in [1.165, 1.54) is 0 Å². The predicted octanol–water partition coefficient (Wildman–Crippen LogP) is 2.69. The van der Waals surface area contributed by atoms with Gasteiger partial charge in [-0.25, -0.2) is 0 Å². The lowest BCUT2D eigenvalue weighted by Crippen LogP contribution is -2.32. The van der Waals surface area contributed by atoms with E-state index < -0.39 is 0 Å². The van der Waals surface area contributed by atoms with Crippen molar-refractivity contribution in [3.8, 4) is 5.75 Å². The van der Waals surface area contributed by atoms with Crippen LogP contribution < -0.4 is 10.1 Å². The summed E-state index contributed by atoms with van der Waals surface area (Å²) >= 11 is 0. The number of ether oxygens (including phenoxy) is 2. The standard InChI is InChI=1S/C21H23N3O4/c1-12-8-17-19(22-12)10-16-15-9-14(4-5-18(15)23-20(16)25)28-11-13(2)27-7-6-24(3)21(17)26/h4-5,8-10,13,22H,6-7,11H2,1-3H3,(H,23,25)/b16-10-/t13-/m1/s1. The summed E-state index contributed by atoms with van der Waals surface area (Å²) in [5.41, 5.74) is 3.98. The molecule has 1 atom stereocenters. The number of hydrogen-bond donors (Lipinski definition) is 2. The summed E-state index contributed by atoms with van der Waals surface area (Å²) < 4.78 is 11.6. The van der Waals surface area contributed by atoms with Gasteiger partial charge in [0.05, 0.1) is 29.5 Å². The molecule has 0 saturated carbocycles. The molecule has 7 nitrogen and oxygen atoms in total. The number of hydrogen-bond acceptors (Lipinski definition) is 4. The van der Waals surface area contributed by atoms with Crippen LogP contribution in [0, 0.1) is 6.92 Å². The number of aromatic nitrogens is 1. The van der Waals surface area contributed by atoms with E-state index in [9.17, 15) is 9.59 Å². The molecule has 1 aromatic carbocycles. The van der Waals surface area contributed by atoms with Crippen LogP contribution in [0.15, 0.2) is 24.3 Å². The highest BCUT2D eigenvalue weighted by Gasteiger charge is 2.26. The lowest BCUT2D eigenvalue weighted by Gasteiger charge is -2.19. The summed E-state index contributed by atoms with van der Waals surface area (Å²) in [5.74, 6) is 0.348. The summed E-state index contributed by atoms with van der Waals surface area (Å²) in [4.78, 5) is 30.3. The van der Waals surface area contributed by atoms with E-state index in [2.05, 4.69) is 10.3 Å². The molecule has 1 aromatic heterocycles. The first-order chi connectivity index (χ1) is 13.4. The van der Waals surface area contributed by atoms with Crippen LogP contribution in [0.2, 0.25) is 0 Å². The Kier molecular flexibility index (Phi) is 4.68. The highest BCUT2D eigenvalue weighted by molar-refractivity contribution is 6.35. The molecule has 0 saturated heterocycles. The van der Waals surface area contributed by atoms with Crippen molar-refractivity contribution in [1.29, 1.82) is 0 Å². The van der Waals surface area contributed by atoms with Crippen LogP contribution in [0.5, 0.6) is 5.75 Å². The third kappa shape index (κ3) is 3.41. The molecule has 2 aliphatic rings. The fraction of sp³-hybridized carbons (Fsp3) is 0.333. The number of H-pyrrole nitrogens is 1. The molecule has 2 amide bonds. The first-order valence-corrected chi connectivity index (χ1v) is 9.29. The van der Waals surface area contributed by atoms with E-state index in [1.54, 1.807) is 24.1 Å². The van der Waals surface area contributed by atoms with Crippen LogP contribution in [0.3, 0.4) is 0 Å². The quantitative estimate of drug-likeness (QED) is 0.735. The second-order valence-electron chi connectivity index (χ2n) is 7.22. The summed E-state index contributed by atoms with van der Waals surface area (Å²) in [7, 11) is 1.74. The monoisotopic (exact) mass is 381 g/mol. The predicted molar refractivity (Wildman–Crippen MR) is 106 cm³/mol. The number of carbonyl (C=O) groups is 2. The molecule has 0 fully saturated rings. The zero-order valence-corrected chi connectivity index (χ0v) is 16.2. The number of carbonyl (C=O) groups excluding carboxylic acids is 2.